The number of aryl methyl sites for hydroxylation is 1. The molecule has 5 rings (SSSR count). The van der Waals surface area contributed by atoms with Crippen molar-refractivity contribution in [1.82, 2.24) is 14.9 Å². The Hall–Kier alpha value is -3.64. The van der Waals surface area contributed by atoms with Gasteiger partial charge in [-0.2, -0.15) is 0 Å². The third-order valence-corrected chi connectivity index (χ3v) is 6.29. The number of fused-ring (bicyclic) bond motifs is 1. The summed E-state index contributed by atoms with van der Waals surface area (Å²) >= 11 is 0. The van der Waals surface area contributed by atoms with Crippen molar-refractivity contribution in [2.75, 3.05) is 50.6 Å². The van der Waals surface area contributed by atoms with E-state index in [1.807, 2.05) is 24.4 Å². The number of para-hydroxylation sites is 1. The van der Waals surface area contributed by atoms with Crippen molar-refractivity contribution in [3.63, 3.8) is 0 Å². The Morgan fingerprint density at radius 1 is 0.939 bits per heavy atom. The zero-order chi connectivity index (χ0) is 22.8. The standard InChI is InChI=1S/C27H29N5O/c1-19-16-20(10-11-25(19)33-3)24-9-4-6-21-18-28-27(30-26(21)24)29-22-7-5-8-23(17-22)32-14-12-31(2)13-15-32/h4-11,16-18H,12-15H2,1-3H3,(H,28,29,30). The highest BCUT2D eigenvalue weighted by Gasteiger charge is 2.15. The average Bonchev–Trinajstić information content (AvgIpc) is 2.84. The number of benzene rings is 3. The molecule has 3 aromatic carbocycles. The molecule has 0 unspecified atom stereocenters. The van der Waals surface area contributed by atoms with E-state index in [1.54, 1.807) is 7.11 Å². The van der Waals surface area contributed by atoms with Crippen LogP contribution in [-0.2, 0) is 0 Å². The van der Waals surface area contributed by atoms with Gasteiger partial charge in [-0.1, -0.05) is 30.3 Å². The highest BCUT2D eigenvalue weighted by Crippen LogP contribution is 2.31. The molecular formula is C27H29N5O. The Bertz CT molecular complexity index is 1280. The van der Waals surface area contributed by atoms with Crippen LogP contribution in [0.3, 0.4) is 0 Å². The topological polar surface area (TPSA) is 53.5 Å². The first-order valence-corrected chi connectivity index (χ1v) is 11.3. The molecule has 0 bridgehead atoms. The van der Waals surface area contributed by atoms with E-state index >= 15 is 0 Å². The molecule has 168 valence electrons. The molecule has 1 saturated heterocycles. The van der Waals surface area contributed by atoms with Gasteiger partial charge < -0.3 is 19.9 Å². The summed E-state index contributed by atoms with van der Waals surface area (Å²) in [7, 11) is 3.87. The van der Waals surface area contributed by atoms with Crippen LogP contribution in [0.25, 0.3) is 22.0 Å². The van der Waals surface area contributed by atoms with E-state index in [4.69, 9.17) is 9.72 Å². The molecule has 0 amide bonds. The van der Waals surface area contributed by atoms with E-state index < -0.39 is 0 Å². The smallest absolute Gasteiger partial charge is 0.227 e. The molecule has 0 atom stereocenters. The minimum Gasteiger partial charge on any atom is -0.496 e. The lowest BCUT2D eigenvalue weighted by atomic mass is 10.0. The monoisotopic (exact) mass is 439 g/mol. The number of aromatic nitrogens is 2. The Balaban J connectivity index is 1.45. The van der Waals surface area contributed by atoms with Crippen molar-refractivity contribution in [3.05, 3.63) is 72.4 Å². The Morgan fingerprint density at radius 2 is 1.76 bits per heavy atom. The lowest BCUT2D eigenvalue weighted by Gasteiger charge is -2.34. The number of hydrogen-bond donors (Lipinski definition) is 1. The molecule has 0 aliphatic carbocycles. The summed E-state index contributed by atoms with van der Waals surface area (Å²) in [5.74, 6) is 1.48. The second kappa shape index (κ2) is 9.08. The van der Waals surface area contributed by atoms with Crippen LogP contribution in [0.5, 0.6) is 5.75 Å². The van der Waals surface area contributed by atoms with E-state index in [2.05, 4.69) is 76.5 Å². The fourth-order valence-corrected chi connectivity index (χ4v) is 4.37. The fourth-order valence-electron chi connectivity index (χ4n) is 4.37. The van der Waals surface area contributed by atoms with Crippen molar-refractivity contribution in [2.24, 2.45) is 0 Å². The number of hydrogen-bond acceptors (Lipinski definition) is 6. The third kappa shape index (κ3) is 4.47. The van der Waals surface area contributed by atoms with Crippen LogP contribution in [0.2, 0.25) is 0 Å². The van der Waals surface area contributed by atoms with Gasteiger partial charge in [0.15, 0.2) is 0 Å². The normalized spacial score (nSPS) is 14.5. The number of methoxy groups -OCH3 is 1. The van der Waals surface area contributed by atoms with Gasteiger partial charge in [0.25, 0.3) is 0 Å². The Labute approximate surface area is 194 Å². The van der Waals surface area contributed by atoms with Crippen LogP contribution < -0.4 is 15.0 Å². The molecule has 33 heavy (non-hydrogen) atoms. The molecule has 4 aromatic rings. The number of anilines is 3. The maximum absolute atomic E-state index is 5.43. The minimum atomic E-state index is 0.593. The van der Waals surface area contributed by atoms with Gasteiger partial charge in [-0.15, -0.1) is 0 Å². The number of likely N-dealkylation sites (N-methyl/N-ethyl adjacent to an activating group) is 1. The number of rotatable bonds is 5. The second-order valence-corrected chi connectivity index (χ2v) is 8.59. The van der Waals surface area contributed by atoms with E-state index in [1.165, 1.54) is 5.69 Å². The zero-order valence-corrected chi connectivity index (χ0v) is 19.4. The first-order chi connectivity index (χ1) is 16.1. The van der Waals surface area contributed by atoms with Gasteiger partial charge in [0.1, 0.15) is 5.75 Å². The highest BCUT2D eigenvalue weighted by molar-refractivity contribution is 5.94. The van der Waals surface area contributed by atoms with Gasteiger partial charge in [-0.25, -0.2) is 9.97 Å². The van der Waals surface area contributed by atoms with E-state index in [-0.39, 0.29) is 0 Å². The number of ether oxygens (including phenoxy) is 1. The van der Waals surface area contributed by atoms with Crippen LogP contribution in [0, 0.1) is 6.92 Å². The molecule has 2 heterocycles. The Morgan fingerprint density at radius 3 is 2.55 bits per heavy atom. The molecule has 0 saturated carbocycles. The van der Waals surface area contributed by atoms with Gasteiger partial charge >= 0.3 is 0 Å². The molecule has 1 aromatic heterocycles. The summed E-state index contributed by atoms with van der Waals surface area (Å²) in [5, 5.41) is 4.43. The lowest BCUT2D eigenvalue weighted by Crippen LogP contribution is -2.44. The van der Waals surface area contributed by atoms with E-state index in [0.29, 0.717) is 5.95 Å². The zero-order valence-electron chi connectivity index (χ0n) is 19.4. The van der Waals surface area contributed by atoms with Crippen LogP contribution in [0.15, 0.2) is 66.9 Å². The van der Waals surface area contributed by atoms with Crippen molar-refractivity contribution in [3.8, 4) is 16.9 Å². The number of nitrogens with one attached hydrogen (secondary N) is 1. The van der Waals surface area contributed by atoms with Gasteiger partial charge in [-0.3, -0.25) is 0 Å². The first kappa shape index (κ1) is 21.2. The number of nitrogens with zero attached hydrogens (tertiary/aromatic N) is 4. The summed E-state index contributed by atoms with van der Waals surface area (Å²) in [6, 6.07) is 20.9. The largest absolute Gasteiger partial charge is 0.496 e. The molecular weight excluding hydrogens is 410 g/mol. The van der Waals surface area contributed by atoms with Gasteiger partial charge in [0.05, 0.1) is 12.6 Å². The molecule has 1 aliphatic heterocycles. The molecule has 1 N–H and O–H groups in total. The average molecular weight is 440 g/mol. The van der Waals surface area contributed by atoms with Crippen LogP contribution in [0.1, 0.15) is 5.56 Å². The fraction of sp³-hybridized carbons (Fsp3) is 0.259. The van der Waals surface area contributed by atoms with Crippen molar-refractivity contribution < 1.29 is 4.74 Å². The van der Waals surface area contributed by atoms with Crippen molar-refractivity contribution in [1.29, 1.82) is 0 Å². The first-order valence-electron chi connectivity index (χ1n) is 11.3. The molecule has 0 spiro atoms. The highest BCUT2D eigenvalue weighted by atomic mass is 16.5. The molecule has 6 heteroatoms. The maximum Gasteiger partial charge on any atom is 0.227 e. The van der Waals surface area contributed by atoms with Crippen LogP contribution in [-0.4, -0.2) is 55.2 Å². The predicted molar refractivity (Wildman–Crippen MR) is 136 cm³/mol. The molecule has 6 nitrogen and oxygen atoms in total. The SMILES string of the molecule is COc1ccc(-c2cccc3cnc(Nc4cccc(N5CCN(C)CC5)c4)nc23)cc1C. The summed E-state index contributed by atoms with van der Waals surface area (Å²) in [6.07, 6.45) is 1.88. The summed E-state index contributed by atoms with van der Waals surface area (Å²) in [4.78, 5) is 14.3. The van der Waals surface area contributed by atoms with Crippen LogP contribution in [0.4, 0.5) is 17.3 Å². The lowest BCUT2D eigenvalue weighted by molar-refractivity contribution is 0.313. The second-order valence-electron chi connectivity index (χ2n) is 8.59. The number of piperazine rings is 1. The predicted octanol–water partition coefficient (Wildman–Crippen LogP) is 5.11. The van der Waals surface area contributed by atoms with Crippen molar-refractivity contribution in [2.45, 2.75) is 6.92 Å². The van der Waals surface area contributed by atoms with Gasteiger partial charge in [0, 0.05) is 54.7 Å². The minimum absolute atomic E-state index is 0.593. The third-order valence-electron chi connectivity index (χ3n) is 6.29. The summed E-state index contributed by atoms with van der Waals surface area (Å²) in [6.45, 7) is 6.30. The quantitative estimate of drug-likeness (QED) is 0.466. The maximum atomic E-state index is 5.43. The summed E-state index contributed by atoms with van der Waals surface area (Å²) in [5.41, 5.74) is 6.43. The Kier molecular flexibility index (Phi) is 5.84. The van der Waals surface area contributed by atoms with Crippen molar-refractivity contribution >= 4 is 28.2 Å². The van der Waals surface area contributed by atoms with Crippen LogP contribution >= 0.6 is 0 Å². The van der Waals surface area contributed by atoms with E-state index in [0.717, 1.165) is 65.2 Å². The van der Waals surface area contributed by atoms with Gasteiger partial charge in [0.2, 0.25) is 5.95 Å². The molecule has 1 aliphatic rings. The summed E-state index contributed by atoms with van der Waals surface area (Å²) < 4.78 is 5.43. The van der Waals surface area contributed by atoms with Gasteiger partial charge in [-0.05, 0) is 55.4 Å². The molecule has 1 fully saturated rings. The van der Waals surface area contributed by atoms with E-state index in [9.17, 15) is 0 Å². The molecule has 0 radical (unpaired) electrons.